The summed E-state index contributed by atoms with van der Waals surface area (Å²) in [5, 5.41) is 0. The molecule has 0 aromatic heterocycles. The molecule has 18 heavy (non-hydrogen) atoms. The summed E-state index contributed by atoms with van der Waals surface area (Å²) in [6.45, 7) is 4.44. The molecule has 2 aromatic carbocycles. The van der Waals surface area contributed by atoms with Gasteiger partial charge in [0.15, 0.2) is 0 Å². The van der Waals surface area contributed by atoms with Gasteiger partial charge in [0.2, 0.25) is 0 Å². The molecular weight excluding hydrogens is 236 g/mol. The molecular formula is C16H20OSi. The van der Waals surface area contributed by atoms with E-state index in [1.165, 1.54) is 11.1 Å². The molecule has 2 heteroatoms. The second-order valence-corrected chi connectivity index (χ2v) is 5.23. The first kappa shape index (κ1) is 13.1. The van der Waals surface area contributed by atoms with E-state index in [2.05, 4.69) is 62.4 Å². The SMILES string of the molecule is CC(C)C(O[SiH3])(c1ccccc1)c1ccccc1. The summed E-state index contributed by atoms with van der Waals surface area (Å²) < 4.78 is 6.11. The van der Waals surface area contributed by atoms with E-state index in [0.717, 1.165) is 0 Å². The molecule has 1 nitrogen and oxygen atoms in total. The lowest BCUT2D eigenvalue weighted by molar-refractivity contribution is 0.0707. The zero-order valence-corrected chi connectivity index (χ0v) is 13.3. The van der Waals surface area contributed by atoms with E-state index in [0.29, 0.717) is 16.4 Å². The van der Waals surface area contributed by atoms with Gasteiger partial charge in [-0.1, -0.05) is 74.5 Å². The summed E-state index contributed by atoms with van der Waals surface area (Å²) in [6, 6.07) is 21.0. The van der Waals surface area contributed by atoms with Gasteiger partial charge in [0.25, 0.3) is 0 Å². The van der Waals surface area contributed by atoms with Crippen LogP contribution in [-0.2, 0) is 10.0 Å². The monoisotopic (exact) mass is 256 g/mol. The van der Waals surface area contributed by atoms with Crippen LogP contribution in [0.1, 0.15) is 25.0 Å². The first-order valence-corrected chi connectivity index (χ1v) is 7.19. The maximum Gasteiger partial charge on any atom is 0.147 e. The Hall–Kier alpha value is -1.38. The van der Waals surface area contributed by atoms with Crippen molar-refractivity contribution in [3.8, 4) is 0 Å². The lowest BCUT2D eigenvalue weighted by atomic mass is 9.78. The second-order valence-electron chi connectivity index (χ2n) is 4.83. The second kappa shape index (κ2) is 5.51. The lowest BCUT2D eigenvalue weighted by Gasteiger charge is -2.38. The molecule has 2 aromatic rings. The van der Waals surface area contributed by atoms with Gasteiger partial charge < -0.3 is 4.43 Å². The van der Waals surface area contributed by atoms with Crippen molar-refractivity contribution in [3.63, 3.8) is 0 Å². The summed E-state index contributed by atoms with van der Waals surface area (Å²) >= 11 is 0. The van der Waals surface area contributed by atoms with Gasteiger partial charge >= 0.3 is 0 Å². The Balaban J connectivity index is 2.61. The number of rotatable bonds is 4. The third-order valence-electron chi connectivity index (χ3n) is 3.54. The summed E-state index contributed by atoms with van der Waals surface area (Å²) in [5.74, 6) is 0.389. The molecule has 0 saturated carbocycles. The molecule has 0 heterocycles. The predicted octanol–water partition coefficient (Wildman–Crippen LogP) is 2.88. The van der Waals surface area contributed by atoms with Crippen molar-refractivity contribution in [1.29, 1.82) is 0 Å². The van der Waals surface area contributed by atoms with E-state index in [9.17, 15) is 0 Å². The highest BCUT2D eigenvalue weighted by molar-refractivity contribution is 5.98. The molecule has 0 amide bonds. The van der Waals surface area contributed by atoms with Crippen LogP contribution in [0, 0.1) is 5.92 Å². The molecule has 94 valence electrons. The van der Waals surface area contributed by atoms with Gasteiger partial charge in [0.1, 0.15) is 16.1 Å². The minimum Gasteiger partial charge on any atom is -0.414 e. The average Bonchev–Trinajstić information content (AvgIpc) is 2.42. The minimum atomic E-state index is -0.311. The van der Waals surface area contributed by atoms with Gasteiger partial charge in [-0.3, -0.25) is 0 Å². The molecule has 0 aliphatic rings. The molecule has 0 aliphatic heterocycles. The van der Waals surface area contributed by atoms with E-state index in [4.69, 9.17) is 4.43 Å². The fourth-order valence-electron chi connectivity index (χ4n) is 2.68. The first-order valence-electron chi connectivity index (χ1n) is 6.38. The summed E-state index contributed by atoms with van der Waals surface area (Å²) in [6.07, 6.45) is 0. The van der Waals surface area contributed by atoms with Crippen LogP contribution >= 0.6 is 0 Å². The quantitative estimate of drug-likeness (QED) is 0.764. The number of hydrogen-bond donors (Lipinski definition) is 0. The fourth-order valence-corrected chi connectivity index (χ4v) is 3.62. The molecule has 0 bridgehead atoms. The van der Waals surface area contributed by atoms with Crippen LogP contribution < -0.4 is 0 Å². The lowest BCUT2D eigenvalue weighted by Crippen LogP contribution is -2.36. The largest absolute Gasteiger partial charge is 0.414 e. The van der Waals surface area contributed by atoms with Crippen molar-refractivity contribution in [2.24, 2.45) is 5.92 Å². The molecule has 0 N–H and O–H groups in total. The zero-order valence-electron chi connectivity index (χ0n) is 11.3. The van der Waals surface area contributed by atoms with Crippen molar-refractivity contribution in [2.45, 2.75) is 19.4 Å². The van der Waals surface area contributed by atoms with Crippen molar-refractivity contribution in [1.82, 2.24) is 0 Å². The number of hydrogen-bond acceptors (Lipinski definition) is 1. The maximum absolute atomic E-state index is 6.11. The molecule has 2 rings (SSSR count). The first-order chi connectivity index (χ1) is 8.71. The van der Waals surface area contributed by atoms with E-state index in [-0.39, 0.29) is 5.60 Å². The summed E-state index contributed by atoms with van der Waals surface area (Å²) in [4.78, 5) is 0. The highest BCUT2D eigenvalue weighted by atomic mass is 28.2. The third-order valence-corrected chi connectivity index (χ3v) is 4.18. The summed E-state index contributed by atoms with van der Waals surface area (Å²) in [7, 11) is 0.714. The van der Waals surface area contributed by atoms with Crippen LogP contribution in [0.25, 0.3) is 0 Å². The van der Waals surface area contributed by atoms with Crippen LogP contribution in [0.2, 0.25) is 0 Å². The van der Waals surface area contributed by atoms with Crippen LogP contribution in [-0.4, -0.2) is 10.5 Å². The Morgan fingerprint density at radius 3 is 1.50 bits per heavy atom. The van der Waals surface area contributed by atoms with Gasteiger partial charge in [0, 0.05) is 0 Å². The molecule has 0 saturated heterocycles. The van der Waals surface area contributed by atoms with E-state index in [1.54, 1.807) is 0 Å². The van der Waals surface area contributed by atoms with Gasteiger partial charge in [0.05, 0.1) is 0 Å². The topological polar surface area (TPSA) is 9.23 Å². The van der Waals surface area contributed by atoms with Crippen LogP contribution in [0.3, 0.4) is 0 Å². The van der Waals surface area contributed by atoms with Gasteiger partial charge in [-0.05, 0) is 17.0 Å². The molecule has 0 aliphatic carbocycles. The molecule has 0 fully saturated rings. The van der Waals surface area contributed by atoms with Gasteiger partial charge in [-0.15, -0.1) is 0 Å². The number of benzene rings is 2. The molecule has 0 unspecified atom stereocenters. The Bertz CT molecular complexity index is 439. The predicted molar refractivity (Wildman–Crippen MR) is 79.5 cm³/mol. The van der Waals surface area contributed by atoms with Crippen LogP contribution in [0.5, 0.6) is 0 Å². The highest BCUT2D eigenvalue weighted by Crippen LogP contribution is 2.39. The van der Waals surface area contributed by atoms with Gasteiger partial charge in [-0.2, -0.15) is 0 Å². The highest BCUT2D eigenvalue weighted by Gasteiger charge is 2.36. The summed E-state index contributed by atoms with van der Waals surface area (Å²) in [5.41, 5.74) is 2.16. The molecule has 0 spiro atoms. The third kappa shape index (κ3) is 2.14. The Morgan fingerprint density at radius 1 is 0.833 bits per heavy atom. The Kier molecular flexibility index (Phi) is 3.99. The molecule has 0 atom stereocenters. The standard InChI is InChI=1S/C16H20OSi/c1-13(2)16(17-18,14-9-5-3-6-10-14)15-11-7-4-8-12-15/h3-13H,1-2,18H3. The molecule has 0 radical (unpaired) electrons. The smallest absolute Gasteiger partial charge is 0.147 e. The van der Waals surface area contributed by atoms with E-state index >= 15 is 0 Å². The van der Waals surface area contributed by atoms with Crippen molar-refractivity contribution in [2.75, 3.05) is 0 Å². The Labute approximate surface area is 112 Å². The van der Waals surface area contributed by atoms with Crippen molar-refractivity contribution < 1.29 is 4.43 Å². The fraction of sp³-hybridized carbons (Fsp3) is 0.250. The van der Waals surface area contributed by atoms with Crippen LogP contribution in [0.15, 0.2) is 60.7 Å². The maximum atomic E-state index is 6.11. The van der Waals surface area contributed by atoms with Crippen molar-refractivity contribution >= 4 is 10.5 Å². The van der Waals surface area contributed by atoms with E-state index < -0.39 is 0 Å². The Morgan fingerprint density at radius 2 is 1.22 bits per heavy atom. The normalized spacial score (nSPS) is 11.9. The average molecular weight is 256 g/mol. The van der Waals surface area contributed by atoms with Gasteiger partial charge in [-0.25, -0.2) is 0 Å². The van der Waals surface area contributed by atoms with Crippen molar-refractivity contribution in [3.05, 3.63) is 71.8 Å². The van der Waals surface area contributed by atoms with Crippen LogP contribution in [0.4, 0.5) is 0 Å². The zero-order chi connectivity index (χ0) is 13.0. The van der Waals surface area contributed by atoms with E-state index in [1.807, 2.05) is 12.1 Å². The minimum absolute atomic E-state index is 0.311.